The smallest absolute Gasteiger partial charge is 0.338 e. The number of nitrogens with one attached hydrogen (secondary N) is 1. The second-order valence-corrected chi connectivity index (χ2v) is 9.61. The van der Waals surface area contributed by atoms with Crippen LogP contribution >= 0.6 is 23.4 Å². The van der Waals surface area contributed by atoms with Gasteiger partial charge < -0.3 is 15.2 Å². The van der Waals surface area contributed by atoms with E-state index in [-0.39, 0.29) is 12.4 Å². The molecule has 182 valence electrons. The first-order valence-electron chi connectivity index (χ1n) is 11.3. The summed E-state index contributed by atoms with van der Waals surface area (Å²) in [6.45, 7) is 1.98. The number of benzene rings is 3. The molecular weight excluding hydrogens is 496 g/mol. The number of rotatable bonds is 7. The van der Waals surface area contributed by atoms with Crippen molar-refractivity contribution in [2.24, 2.45) is 0 Å². The van der Waals surface area contributed by atoms with E-state index in [2.05, 4.69) is 10.3 Å². The summed E-state index contributed by atoms with van der Waals surface area (Å²) in [7, 11) is 0. The van der Waals surface area contributed by atoms with Crippen LogP contribution in [0.4, 0.5) is 5.95 Å². The van der Waals surface area contributed by atoms with Crippen molar-refractivity contribution in [1.82, 2.24) is 14.8 Å². The Kier molecular flexibility index (Phi) is 6.97. The Labute approximate surface area is 217 Å². The topological polar surface area (TPSA) is 89.3 Å². The lowest BCUT2D eigenvalue weighted by Crippen LogP contribution is -2.29. The molecule has 0 fully saturated rings. The largest absolute Gasteiger partial charge is 0.508 e. The van der Waals surface area contributed by atoms with Gasteiger partial charge in [0.1, 0.15) is 18.4 Å². The highest BCUT2D eigenvalue weighted by Crippen LogP contribution is 2.37. The maximum atomic E-state index is 13.3. The van der Waals surface area contributed by atoms with Gasteiger partial charge in [0, 0.05) is 16.5 Å². The standard InChI is InChI=1S/C27H23ClN4O3S/c1-17-23(25(34)35-15-18-7-3-2-4-8-18)24(19-11-13-21(33)14-12-19)32-26(29-17)30-27(31-32)36-16-20-9-5-6-10-22(20)28/h2-14,24,33H,15-16H2,1H3,(H,29,30,31). The van der Waals surface area contributed by atoms with Crippen molar-refractivity contribution < 1.29 is 14.6 Å². The number of carbonyl (C=O) groups is 1. The third kappa shape index (κ3) is 5.10. The van der Waals surface area contributed by atoms with E-state index in [1.54, 1.807) is 28.9 Å². The van der Waals surface area contributed by atoms with E-state index in [1.165, 1.54) is 11.8 Å². The van der Waals surface area contributed by atoms with Crippen LogP contribution < -0.4 is 5.32 Å². The summed E-state index contributed by atoms with van der Waals surface area (Å²) in [6.07, 6.45) is 0. The number of allylic oxidation sites excluding steroid dienone is 1. The van der Waals surface area contributed by atoms with Crippen molar-refractivity contribution in [2.45, 2.75) is 30.5 Å². The molecule has 3 aromatic carbocycles. The molecule has 7 nitrogen and oxygen atoms in total. The molecule has 0 spiro atoms. The zero-order valence-corrected chi connectivity index (χ0v) is 21.0. The van der Waals surface area contributed by atoms with Crippen molar-refractivity contribution in [3.05, 3.63) is 112 Å². The average molecular weight is 519 g/mol. The van der Waals surface area contributed by atoms with Crippen molar-refractivity contribution in [2.75, 3.05) is 5.32 Å². The minimum absolute atomic E-state index is 0.136. The predicted molar refractivity (Wildman–Crippen MR) is 140 cm³/mol. The number of thioether (sulfide) groups is 1. The number of anilines is 1. The second-order valence-electron chi connectivity index (χ2n) is 8.26. The predicted octanol–water partition coefficient (Wildman–Crippen LogP) is 5.96. The lowest BCUT2D eigenvalue weighted by Gasteiger charge is -2.28. The molecule has 1 atom stereocenters. The molecular formula is C27H23ClN4O3S. The van der Waals surface area contributed by atoms with Gasteiger partial charge in [-0.25, -0.2) is 9.48 Å². The molecule has 4 aromatic rings. The summed E-state index contributed by atoms with van der Waals surface area (Å²) in [5, 5.41) is 19.0. The Balaban J connectivity index is 1.45. The highest BCUT2D eigenvalue weighted by atomic mass is 35.5. The summed E-state index contributed by atoms with van der Waals surface area (Å²) >= 11 is 7.76. The number of nitrogens with zero attached hydrogens (tertiary/aromatic N) is 3. The van der Waals surface area contributed by atoms with E-state index in [0.29, 0.717) is 33.2 Å². The van der Waals surface area contributed by atoms with Gasteiger partial charge in [0.15, 0.2) is 0 Å². The van der Waals surface area contributed by atoms with Crippen molar-refractivity contribution in [1.29, 1.82) is 0 Å². The summed E-state index contributed by atoms with van der Waals surface area (Å²) in [5.41, 5.74) is 3.72. The van der Waals surface area contributed by atoms with E-state index >= 15 is 0 Å². The third-order valence-corrected chi connectivity index (χ3v) is 7.04. The lowest BCUT2D eigenvalue weighted by molar-refractivity contribution is -0.140. The van der Waals surface area contributed by atoms with Gasteiger partial charge in [-0.1, -0.05) is 84.0 Å². The molecule has 5 rings (SSSR count). The number of hydrogen-bond acceptors (Lipinski definition) is 7. The van der Waals surface area contributed by atoms with Crippen molar-refractivity contribution in [3.8, 4) is 5.75 Å². The van der Waals surface area contributed by atoms with Crippen molar-refractivity contribution >= 4 is 35.3 Å². The maximum absolute atomic E-state index is 13.3. The van der Waals surface area contributed by atoms with E-state index in [9.17, 15) is 9.90 Å². The first-order chi connectivity index (χ1) is 17.5. The maximum Gasteiger partial charge on any atom is 0.338 e. The molecule has 2 N–H and O–H groups in total. The Morgan fingerprint density at radius 2 is 1.81 bits per heavy atom. The van der Waals surface area contributed by atoms with Gasteiger partial charge in [-0.2, -0.15) is 4.98 Å². The molecule has 36 heavy (non-hydrogen) atoms. The number of aromatic nitrogens is 3. The highest BCUT2D eigenvalue weighted by molar-refractivity contribution is 7.98. The zero-order valence-electron chi connectivity index (χ0n) is 19.4. The number of phenols is 1. The lowest BCUT2D eigenvalue weighted by atomic mass is 9.96. The van der Waals surface area contributed by atoms with E-state index in [4.69, 9.17) is 21.4 Å². The second kappa shape index (κ2) is 10.5. The molecule has 0 bridgehead atoms. The third-order valence-electron chi connectivity index (χ3n) is 5.79. The number of halogens is 1. The van der Waals surface area contributed by atoms with Crippen LogP contribution in [0.15, 0.2) is 95.3 Å². The number of phenolic OH excluding ortho intramolecular Hbond substituents is 1. The first kappa shape index (κ1) is 24.0. The molecule has 1 unspecified atom stereocenters. The number of ether oxygens (including phenoxy) is 1. The monoisotopic (exact) mass is 518 g/mol. The summed E-state index contributed by atoms with van der Waals surface area (Å²) in [5.74, 6) is 0.808. The summed E-state index contributed by atoms with van der Waals surface area (Å²) < 4.78 is 7.37. The molecule has 1 aliphatic heterocycles. The van der Waals surface area contributed by atoms with Gasteiger partial charge in [-0.05, 0) is 41.8 Å². The number of hydrogen-bond donors (Lipinski definition) is 2. The van der Waals surface area contributed by atoms with Crippen LogP contribution in [0.25, 0.3) is 0 Å². The SMILES string of the molecule is CC1=C(C(=O)OCc2ccccc2)C(c2ccc(O)cc2)n2nc(SCc3ccccc3Cl)nc2N1. The molecule has 9 heteroatoms. The number of esters is 1. The fourth-order valence-corrected chi connectivity index (χ4v) is 5.10. The van der Waals surface area contributed by atoms with Crippen LogP contribution in [0.2, 0.25) is 5.02 Å². The zero-order chi connectivity index (χ0) is 25.1. The van der Waals surface area contributed by atoms with Gasteiger partial charge in [-0.15, -0.1) is 5.10 Å². The van der Waals surface area contributed by atoms with Crippen LogP contribution in [0.5, 0.6) is 5.75 Å². The summed E-state index contributed by atoms with van der Waals surface area (Å²) in [4.78, 5) is 18.0. The molecule has 1 aromatic heterocycles. The number of carbonyl (C=O) groups excluding carboxylic acids is 1. The van der Waals surface area contributed by atoms with Crippen LogP contribution in [-0.2, 0) is 21.9 Å². The van der Waals surface area contributed by atoms with E-state index in [1.807, 2.05) is 61.5 Å². The Bertz CT molecular complexity index is 1420. The molecule has 0 amide bonds. The van der Waals surface area contributed by atoms with Gasteiger partial charge in [0.2, 0.25) is 11.1 Å². The molecule has 0 saturated carbocycles. The average Bonchev–Trinajstić information content (AvgIpc) is 3.29. The van der Waals surface area contributed by atoms with E-state index in [0.717, 1.165) is 16.7 Å². The van der Waals surface area contributed by atoms with Crippen LogP contribution in [0, 0.1) is 0 Å². The normalized spacial score (nSPS) is 14.8. The molecule has 0 radical (unpaired) electrons. The van der Waals surface area contributed by atoms with Gasteiger partial charge in [0.05, 0.1) is 5.57 Å². The van der Waals surface area contributed by atoms with Crippen LogP contribution in [-0.4, -0.2) is 25.8 Å². The van der Waals surface area contributed by atoms with Gasteiger partial charge >= 0.3 is 5.97 Å². The first-order valence-corrected chi connectivity index (χ1v) is 12.7. The number of fused-ring (bicyclic) bond motifs is 1. The quantitative estimate of drug-likeness (QED) is 0.230. The highest BCUT2D eigenvalue weighted by Gasteiger charge is 2.35. The number of aromatic hydroxyl groups is 1. The molecule has 0 aliphatic carbocycles. The Morgan fingerprint density at radius 3 is 2.56 bits per heavy atom. The Hall–Kier alpha value is -3.75. The molecule has 1 aliphatic rings. The fourth-order valence-electron chi connectivity index (χ4n) is 3.98. The van der Waals surface area contributed by atoms with Crippen LogP contribution in [0.3, 0.4) is 0 Å². The Morgan fingerprint density at radius 1 is 1.08 bits per heavy atom. The van der Waals surface area contributed by atoms with Gasteiger partial charge in [0.25, 0.3) is 0 Å². The van der Waals surface area contributed by atoms with E-state index < -0.39 is 12.0 Å². The van der Waals surface area contributed by atoms with Crippen molar-refractivity contribution in [3.63, 3.8) is 0 Å². The van der Waals surface area contributed by atoms with Crippen LogP contribution in [0.1, 0.15) is 29.7 Å². The molecule has 2 heterocycles. The molecule has 0 saturated heterocycles. The minimum Gasteiger partial charge on any atom is -0.508 e. The van der Waals surface area contributed by atoms with Gasteiger partial charge in [-0.3, -0.25) is 0 Å². The fraction of sp³-hybridized carbons (Fsp3) is 0.148. The minimum atomic E-state index is -0.577. The summed E-state index contributed by atoms with van der Waals surface area (Å²) in [6, 6.07) is 23.3.